The van der Waals surface area contributed by atoms with Crippen molar-refractivity contribution in [2.24, 2.45) is 0 Å². The van der Waals surface area contributed by atoms with E-state index in [2.05, 4.69) is 26.2 Å². The number of fused-ring (bicyclic) bond motifs is 1. The molecule has 22 heavy (non-hydrogen) atoms. The molecule has 0 spiro atoms. The van der Waals surface area contributed by atoms with Gasteiger partial charge in [0.15, 0.2) is 0 Å². The number of amides is 1. The second kappa shape index (κ2) is 5.74. The monoisotopic (exact) mass is 377 g/mol. The summed E-state index contributed by atoms with van der Waals surface area (Å²) in [5, 5.41) is 3.53. The smallest absolute Gasteiger partial charge is 0.274 e. The van der Waals surface area contributed by atoms with Crippen molar-refractivity contribution in [1.29, 1.82) is 0 Å². The predicted octanol–water partition coefficient (Wildman–Crippen LogP) is 4.62. The summed E-state index contributed by atoms with van der Waals surface area (Å²) in [4.78, 5) is 17.1. The van der Waals surface area contributed by atoms with Crippen LogP contribution in [0.2, 0.25) is 5.02 Å². The van der Waals surface area contributed by atoms with E-state index in [4.69, 9.17) is 11.6 Å². The number of nitrogens with one attached hydrogen (secondary N) is 1. The maximum absolute atomic E-state index is 12.7. The number of carbonyl (C=O) groups is 1. The summed E-state index contributed by atoms with van der Waals surface area (Å²) < 4.78 is 2.65. The van der Waals surface area contributed by atoms with Gasteiger partial charge in [-0.2, -0.15) is 0 Å². The molecule has 2 aromatic heterocycles. The fraction of sp³-hybridized carbons (Fsp3) is 0.125. The van der Waals surface area contributed by atoms with E-state index in [1.807, 2.05) is 44.3 Å². The van der Waals surface area contributed by atoms with Gasteiger partial charge in [0, 0.05) is 21.4 Å². The van der Waals surface area contributed by atoms with Crippen molar-refractivity contribution in [2.45, 2.75) is 13.8 Å². The number of pyridine rings is 1. The number of imidazole rings is 1. The van der Waals surface area contributed by atoms with Gasteiger partial charge in [0.1, 0.15) is 11.3 Å². The number of anilines is 1. The predicted molar refractivity (Wildman–Crippen MR) is 91.8 cm³/mol. The lowest BCUT2D eigenvalue weighted by molar-refractivity contribution is 0.102. The highest BCUT2D eigenvalue weighted by Crippen LogP contribution is 2.24. The zero-order chi connectivity index (χ0) is 15.9. The Morgan fingerprint density at radius 2 is 2.05 bits per heavy atom. The van der Waals surface area contributed by atoms with Crippen LogP contribution in [-0.4, -0.2) is 15.3 Å². The van der Waals surface area contributed by atoms with E-state index in [1.54, 1.807) is 10.5 Å². The Morgan fingerprint density at radius 3 is 2.82 bits per heavy atom. The number of hydrogen-bond acceptors (Lipinski definition) is 2. The van der Waals surface area contributed by atoms with Crippen LogP contribution in [-0.2, 0) is 0 Å². The number of hydrogen-bond donors (Lipinski definition) is 1. The van der Waals surface area contributed by atoms with Crippen molar-refractivity contribution in [3.8, 4) is 0 Å². The molecule has 112 valence electrons. The summed E-state index contributed by atoms with van der Waals surface area (Å²) in [5.41, 5.74) is 3.45. The molecular weight excluding hydrogens is 366 g/mol. The van der Waals surface area contributed by atoms with E-state index in [1.165, 1.54) is 0 Å². The number of nitrogens with zero attached hydrogens (tertiary/aromatic N) is 2. The Balaban J connectivity index is 2.04. The third kappa shape index (κ3) is 2.62. The van der Waals surface area contributed by atoms with Gasteiger partial charge in [-0.25, -0.2) is 4.98 Å². The average molecular weight is 379 g/mol. The second-order valence-corrected chi connectivity index (χ2v) is 6.31. The quantitative estimate of drug-likeness (QED) is 0.707. The van der Waals surface area contributed by atoms with Gasteiger partial charge in [-0.1, -0.05) is 17.7 Å². The molecule has 0 bridgehead atoms. The van der Waals surface area contributed by atoms with E-state index >= 15 is 0 Å². The van der Waals surface area contributed by atoms with Gasteiger partial charge in [0.25, 0.3) is 5.91 Å². The molecule has 6 heteroatoms. The first-order valence-corrected chi connectivity index (χ1v) is 7.85. The maximum Gasteiger partial charge on any atom is 0.274 e. The van der Waals surface area contributed by atoms with E-state index in [0.717, 1.165) is 15.7 Å². The zero-order valence-corrected chi connectivity index (χ0v) is 14.4. The molecule has 0 atom stereocenters. The van der Waals surface area contributed by atoms with E-state index in [9.17, 15) is 4.79 Å². The Morgan fingerprint density at radius 1 is 1.27 bits per heavy atom. The summed E-state index contributed by atoms with van der Waals surface area (Å²) >= 11 is 9.51. The number of benzene rings is 1. The normalized spacial score (nSPS) is 10.9. The highest BCUT2D eigenvalue weighted by atomic mass is 79.9. The van der Waals surface area contributed by atoms with Crippen molar-refractivity contribution in [2.75, 3.05) is 5.32 Å². The van der Waals surface area contributed by atoms with Gasteiger partial charge in [0.2, 0.25) is 0 Å². The topological polar surface area (TPSA) is 46.4 Å². The molecule has 0 saturated heterocycles. The van der Waals surface area contributed by atoms with Crippen LogP contribution in [0.5, 0.6) is 0 Å². The summed E-state index contributed by atoms with van der Waals surface area (Å²) in [6.45, 7) is 3.69. The van der Waals surface area contributed by atoms with Crippen LogP contribution in [0.15, 0.2) is 41.0 Å². The van der Waals surface area contributed by atoms with E-state index < -0.39 is 0 Å². The lowest BCUT2D eigenvalue weighted by Gasteiger charge is -2.10. The lowest BCUT2D eigenvalue weighted by Crippen LogP contribution is -2.16. The molecule has 0 aliphatic carbocycles. The van der Waals surface area contributed by atoms with Crippen LogP contribution >= 0.6 is 27.5 Å². The molecule has 3 aromatic rings. The highest BCUT2D eigenvalue weighted by Gasteiger charge is 2.17. The molecule has 0 saturated carbocycles. The Bertz CT molecular complexity index is 888. The van der Waals surface area contributed by atoms with Crippen molar-refractivity contribution < 1.29 is 4.79 Å². The van der Waals surface area contributed by atoms with Crippen molar-refractivity contribution >= 4 is 44.8 Å². The third-order valence-corrected chi connectivity index (χ3v) is 4.37. The Kier molecular flexibility index (Phi) is 3.93. The SMILES string of the molecule is Cc1nc2ccc(Br)cn2c1C(=O)Nc1cccc(Cl)c1C. The van der Waals surface area contributed by atoms with Crippen molar-refractivity contribution in [3.63, 3.8) is 0 Å². The second-order valence-electron chi connectivity index (χ2n) is 4.99. The molecule has 1 aromatic carbocycles. The Labute approximate surface area is 141 Å². The molecule has 0 aliphatic rings. The summed E-state index contributed by atoms with van der Waals surface area (Å²) in [6.07, 6.45) is 1.83. The first-order chi connectivity index (χ1) is 10.5. The lowest BCUT2D eigenvalue weighted by atomic mass is 10.2. The van der Waals surface area contributed by atoms with Gasteiger partial charge in [-0.05, 0) is 59.6 Å². The molecule has 0 unspecified atom stereocenters. The molecule has 2 heterocycles. The molecule has 1 amide bonds. The minimum absolute atomic E-state index is 0.214. The first-order valence-electron chi connectivity index (χ1n) is 6.68. The maximum atomic E-state index is 12.7. The zero-order valence-electron chi connectivity index (χ0n) is 12.0. The van der Waals surface area contributed by atoms with Gasteiger partial charge >= 0.3 is 0 Å². The number of aryl methyl sites for hydroxylation is 1. The largest absolute Gasteiger partial charge is 0.320 e. The van der Waals surface area contributed by atoms with Crippen molar-refractivity contribution in [1.82, 2.24) is 9.38 Å². The van der Waals surface area contributed by atoms with Crippen LogP contribution < -0.4 is 5.32 Å². The molecule has 0 fully saturated rings. The highest BCUT2D eigenvalue weighted by molar-refractivity contribution is 9.10. The number of halogens is 2. The average Bonchev–Trinajstić information content (AvgIpc) is 2.79. The summed E-state index contributed by atoms with van der Waals surface area (Å²) in [7, 11) is 0. The fourth-order valence-electron chi connectivity index (χ4n) is 2.33. The van der Waals surface area contributed by atoms with E-state index in [-0.39, 0.29) is 5.91 Å². The fourth-order valence-corrected chi connectivity index (χ4v) is 2.85. The number of rotatable bonds is 2. The van der Waals surface area contributed by atoms with Gasteiger partial charge < -0.3 is 5.32 Å². The molecule has 1 N–H and O–H groups in total. The molecule has 4 nitrogen and oxygen atoms in total. The minimum Gasteiger partial charge on any atom is -0.320 e. The molecule has 0 radical (unpaired) electrons. The molecular formula is C16H13BrClN3O. The first kappa shape index (κ1) is 15.1. The molecule has 3 rings (SSSR count). The van der Waals surface area contributed by atoms with Crippen LogP contribution in [0, 0.1) is 13.8 Å². The van der Waals surface area contributed by atoms with Crippen molar-refractivity contribution in [3.05, 3.63) is 63.0 Å². The number of aromatic nitrogens is 2. The third-order valence-electron chi connectivity index (χ3n) is 3.49. The van der Waals surface area contributed by atoms with Gasteiger partial charge in [-0.15, -0.1) is 0 Å². The van der Waals surface area contributed by atoms with Crippen LogP contribution in [0.25, 0.3) is 5.65 Å². The van der Waals surface area contributed by atoms with Crippen LogP contribution in [0.4, 0.5) is 5.69 Å². The summed E-state index contributed by atoms with van der Waals surface area (Å²) in [6, 6.07) is 9.18. The van der Waals surface area contributed by atoms with Crippen LogP contribution in [0.1, 0.15) is 21.7 Å². The summed E-state index contributed by atoms with van der Waals surface area (Å²) in [5.74, 6) is -0.214. The minimum atomic E-state index is -0.214. The van der Waals surface area contributed by atoms with E-state index in [0.29, 0.717) is 22.1 Å². The van der Waals surface area contributed by atoms with Crippen LogP contribution in [0.3, 0.4) is 0 Å². The Hall–Kier alpha value is -1.85. The number of carbonyl (C=O) groups excluding carboxylic acids is 1. The van der Waals surface area contributed by atoms with Gasteiger partial charge in [0.05, 0.1) is 5.69 Å². The molecule has 0 aliphatic heterocycles. The standard InChI is InChI=1S/C16H13BrClN3O/c1-9-12(18)4-3-5-13(9)20-16(22)15-10(2)19-14-7-6-11(17)8-21(14)15/h3-8H,1-2H3,(H,20,22). The van der Waals surface area contributed by atoms with Gasteiger partial charge in [-0.3, -0.25) is 9.20 Å².